The number of rotatable bonds is 0. The van der Waals surface area contributed by atoms with Crippen LogP contribution in [0, 0.1) is 0 Å². The molecule has 0 amide bonds. The van der Waals surface area contributed by atoms with E-state index in [-0.39, 0.29) is 138 Å². The zero-order valence-corrected chi connectivity index (χ0v) is 17.9. The van der Waals surface area contributed by atoms with Crippen LogP contribution in [-0.4, -0.2) is 0 Å². The van der Waals surface area contributed by atoms with Gasteiger partial charge >= 0.3 is 167 Å². The van der Waals surface area contributed by atoms with E-state index in [0.29, 0.717) is 0 Å². The summed E-state index contributed by atoms with van der Waals surface area (Å²) in [6, 6.07) is 0. The number of hydrogen-bond acceptors (Lipinski definition) is 4. The molecule has 0 aromatic rings. The molecule has 7 heteroatoms. The molecule has 0 rings (SSSR count). The first-order chi connectivity index (χ1) is 2.00. The predicted molar refractivity (Wildman–Crippen MR) is 1.37 cm³/mol. The van der Waals surface area contributed by atoms with Crippen molar-refractivity contribution >= 4 is 0 Å². The van der Waals surface area contributed by atoms with Crippen LogP contribution in [0.2, 0.25) is 0 Å². The fraction of sp³-hybridized carbons (Fsp3) is 0. The van der Waals surface area contributed by atoms with Crippen molar-refractivity contribution in [2.45, 2.75) is 0 Å². The van der Waals surface area contributed by atoms with Crippen LogP contribution in [0.25, 0.3) is 0 Å². The molecule has 0 saturated heterocycles. The molecule has 0 radical (unpaired) electrons. The van der Waals surface area contributed by atoms with E-state index in [2.05, 4.69) is 0 Å². The Balaban J connectivity index is -0.0000000800. The first-order valence-corrected chi connectivity index (χ1v) is 2.75. The van der Waals surface area contributed by atoms with Crippen molar-refractivity contribution < 1.29 is 167 Å². The fourth-order valence-electron chi connectivity index (χ4n) is 0. The average molecular weight is 382 g/mol. The normalized spacial score (nSPS) is 8.29. The molecule has 0 saturated carbocycles. The molecule has 0 bridgehead atoms. The molecule has 4 nitrogen and oxygen atoms in total. The van der Waals surface area contributed by atoms with Gasteiger partial charge in [-0.25, -0.2) is 0 Å². The Morgan fingerprint density at radius 3 is 1.00 bits per heavy atom. The molecule has 0 aliphatic rings. The maximum absolute atomic E-state index is 8.59. The molecule has 32 valence electrons. The van der Waals surface area contributed by atoms with Crippen molar-refractivity contribution in [1.29, 1.82) is 0 Å². The van der Waals surface area contributed by atoms with Crippen molar-refractivity contribution in [2.75, 3.05) is 0 Å². The molecule has 0 spiro atoms. The summed E-state index contributed by atoms with van der Waals surface area (Å²) in [6.45, 7) is 0. The second kappa shape index (κ2) is 8.25. The van der Waals surface area contributed by atoms with Crippen LogP contribution in [-0.2, 0) is 21.2 Å². The Morgan fingerprint density at radius 2 is 1.00 bits per heavy atom. The van der Waals surface area contributed by atoms with Gasteiger partial charge in [0.1, 0.15) is 0 Å². The van der Waals surface area contributed by atoms with Crippen LogP contribution in [0.4, 0.5) is 0 Å². The average Bonchev–Trinajstić information content (AvgIpc) is 0.722. The van der Waals surface area contributed by atoms with Gasteiger partial charge in [0.2, 0.25) is 0 Å². The van der Waals surface area contributed by atoms with E-state index < -0.39 is 13.6 Å². The summed E-state index contributed by atoms with van der Waals surface area (Å²) < 4.78 is 34.4. The van der Waals surface area contributed by atoms with E-state index in [1.807, 2.05) is 0 Å². The SMILES string of the molecule is [Cs+].[Cs+].[O]=[Cr](=[O])([O-])[O-]. The van der Waals surface area contributed by atoms with Crippen LogP contribution in [0.1, 0.15) is 0 Å². The van der Waals surface area contributed by atoms with Crippen LogP contribution < -0.4 is 146 Å². The van der Waals surface area contributed by atoms with Gasteiger partial charge in [-0.2, -0.15) is 0 Å². The van der Waals surface area contributed by atoms with Crippen molar-refractivity contribution in [3.05, 3.63) is 0 Å². The molecule has 0 heterocycles. The Bertz CT molecular complexity index is 92.9. The quantitative estimate of drug-likeness (QED) is 0.417. The van der Waals surface area contributed by atoms with Gasteiger partial charge in [0.25, 0.3) is 0 Å². The Hall–Kier alpha value is 4.16. The summed E-state index contributed by atoms with van der Waals surface area (Å²) in [4.78, 5) is 0. The molecule has 0 fully saturated rings. The van der Waals surface area contributed by atoms with Gasteiger partial charge < -0.3 is 0 Å². The molecular weight excluding hydrogens is 382 g/mol. The second-order valence-electron chi connectivity index (χ2n) is 0.408. The minimum absolute atomic E-state index is 0. The van der Waals surface area contributed by atoms with Crippen LogP contribution in [0.15, 0.2) is 0 Å². The summed E-state index contributed by atoms with van der Waals surface area (Å²) in [5.74, 6) is 0. The summed E-state index contributed by atoms with van der Waals surface area (Å²) in [6.07, 6.45) is 0. The van der Waals surface area contributed by atoms with Crippen molar-refractivity contribution in [3.63, 3.8) is 0 Å². The van der Waals surface area contributed by atoms with Gasteiger partial charge in [0, 0.05) is 0 Å². The van der Waals surface area contributed by atoms with Crippen LogP contribution in [0.5, 0.6) is 0 Å². The second-order valence-corrected chi connectivity index (χ2v) is 1.68. The van der Waals surface area contributed by atoms with Gasteiger partial charge in [0.15, 0.2) is 0 Å². The van der Waals surface area contributed by atoms with E-state index in [4.69, 9.17) is 15.9 Å². The van der Waals surface area contributed by atoms with Gasteiger partial charge in [-0.15, -0.1) is 0 Å². The summed E-state index contributed by atoms with van der Waals surface area (Å²) in [7, 11) is 0. The molecule has 0 aromatic carbocycles. The standard InChI is InChI=1S/Cr.2Cs.4O/q;2*+1;;;2*-1. The fourth-order valence-corrected chi connectivity index (χ4v) is 0. The maximum atomic E-state index is 8.59. The topological polar surface area (TPSA) is 80.3 Å². The molecule has 7 heavy (non-hydrogen) atoms. The van der Waals surface area contributed by atoms with E-state index >= 15 is 0 Å². The molecule has 0 atom stereocenters. The minimum atomic E-state index is -5.75. The molecule has 0 N–H and O–H groups in total. The number of hydrogen-bond donors (Lipinski definition) is 0. The van der Waals surface area contributed by atoms with Crippen LogP contribution >= 0.6 is 0 Å². The molecule has 0 aromatic heterocycles. The first-order valence-electron chi connectivity index (χ1n) is 0.667. The Kier molecular flexibility index (Phi) is 20.4. The molecule has 0 unspecified atom stereocenters. The van der Waals surface area contributed by atoms with E-state index in [1.54, 1.807) is 0 Å². The molecule has 0 aliphatic heterocycles. The summed E-state index contributed by atoms with van der Waals surface area (Å²) in [5.41, 5.74) is 0. The zero-order chi connectivity index (χ0) is 4.50. The van der Waals surface area contributed by atoms with E-state index in [1.165, 1.54) is 0 Å². The van der Waals surface area contributed by atoms with Gasteiger partial charge in [-0.3, -0.25) is 0 Å². The predicted octanol–water partition coefficient (Wildman–Crippen LogP) is -8.61. The molecule has 0 aliphatic carbocycles. The van der Waals surface area contributed by atoms with Crippen molar-refractivity contribution in [2.24, 2.45) is 0 Å². The van der Waals surface area contributed by atoms with Gasteiger partial charge in [-0.05, 0) is 0 Å². The zero-order valence-electron chi connectivity index (χ0n) is 4.04. The summed E-state index contributed by atoms with van der Waals surface area (Å²) in [5, 5.41) is 0. The van der Waals surface area contributed by atoms with Crippen LogP contribution in [0.3, 0.4) is 0 Å². The van der Waals surface area contributed by atoms with Crippen molar-refractivity contribution in [3.8, 4) is 0 Å². The summed E-state index contributed by atoms with van der Waals surface area (Å²) >= 11 is -5.75. The van der Waals surface area contributed by atoms with E-state index in [0.717, 1.165) is 0 Å². The third-order valence-electron chi connectivity index (χ3n) is 0. The Morgan fingerprint density at radius 1 is 1.00 bits per heavy atom. The third kappa shape index (κ3) is 39.1. The van der Waals surface area contributed by atoms with Gasteiger partial charge in [-0.1, -0.05) is 0 Å². The third-order valence-corrected chi connectivity index (χ3v) is 0. The monoisotopic (exact) mass is 382 g/mol. The van der Waals surface area contributed by atoms with Gasteiger partial charge in [0.05, 0.1) is 0 Å². The van der Waals surface area contributed by atoms with E-state index in [9.17, 15) is 0 Å². The van der Waals surface area contributed by atoms with Crippen molar-refractivity contribution in [1.82, 2.24) is 0 Å². The Labute approximate surface area is 161 Å². The molecular formula is CrCs2O4. The first kappa shape index (κ1) is 17.3.